The fourth-order valence-corrected chi connectivity index (χ4v) is 1.83. The summed E-state index contributed by atoms with van der Waals surface area (Å²) in [7, 11) is 0. The molecule has 0 amide bonds. The number of aryl methyl sites for hydroxylation is 1. The molecule has 0 N–H and O–H groups in total. The van der Waals surface area contributed by atoms with Crippen molar-refractivity contribution in [3.05, 3.63) is 40.9 Å². The molecule has 0 unspecified atom stereocenters. The number of rotatable bonds is 2. The summed E-state index contributed by atoms with van der Waals surface area (Å²) >= 11 is 5.81. The Labute approximate surface area is 84.2 Å². The van der Waals surface area contributed by atoms with Crippen LogP contribution in [0.3, 0.4) is 0 Å². The van der Waals surface area contributed by atoms with Gasteiger partial charge in [-0.05, 0) is 36.8 Å². The molecule has 68 valence electrons. The smallest absolute Gasteiger partial charge is 0.00833 e. The Balaban J connectivity index is 2.28. The van der Waals surface area contributed by atoms with Crippen LogP contribution in [0.2, 0.25) is 0 Å². The van der Waals surface area contributed by atoms with Crippen LogP contribution < -0.4 is 0 Å². The van der Waals surface area contributed by atoms with E-state index in [0.29, 0.717) is 0 Å². The minimum absolute atomic E-state index is 0.722. The molecule has 0 heterocycles. The second kappa shape index (κ2) is 3.55. The quantitative estimate of drug-likeness (QED) is 0.665. The molecule has 0 nitrogen and oxygen atoms in total. The van der Waals surface area contributed by atoms with Gasteiger partial charge in [0.2, 0.25) is 0 Å². The van der Waals surface area contributed by atoms with E-state index in [4.69, 9.17) is 11.6 Å². The average Bonchev–Trinajstić information content (AvgIpc) is 2.93. The minimum Gasteiger partial charge on any atom is -0.0926 e. The van der Waals surface area contributed by atoms with Crippen LogP contribution in [0.4, 0.5) is 0 Å². The summed E-state index contributed by atoms with van der Waals surface area (Å²) in [5.41, 5.74) is 5.63. The van der Waals surface area contributed by atoms with Gasteiger partial charge in [0.1, 0.15) is 0 Å². The predicted octanol–water partition coefficient (Wildman–Crippen LogP) is 3.98. The summed E-state index contributed by atoms with van der Waals surface area (Å²) < 4.78 is 0. The number of hydrogen-bond acceptors (Lipinski definition) is 0. The van der Waals surface area contributed by atoms with Gasteiger partial charge in [-0.1, -0.05) is 41.4 Å². The Morgan fingerprint density at radius 2 is 1.92 bits per heavy atom. The number of halogens is 1. The molecule has 1 fully saturated rings. The first kappa shape index (κ1) is 8.83. The first-order valence-corrected chi connectivity index (χ1v) is 5.12. The third kappa shape index (κ3) is 1.94. The highest BCUT2D eigenvalue weighted by Crippen LogP contribution is 2.42. The summed E-state index contributed by atoms with van der Waals surface area (Å²) in [6.07, 6.45) is 2.60. The average molecular weight is 193 g/mol. The van der Waals surface area contributed by atoms with E-state index < -0.39 is 0 Å². The van der Waals surface area contributed by atoms with Gasteiger partial charge >= 0.3 is 0 Å². The van der Waals surface area contributed by atoms with Crippen molar-refractivity contribution < 1.29 is 0 Å². The van der Waals surface area contributed by atoms with Gasteiger partial charge in [-0.2, -0.15) is 0 Å². The Bertz CT molecular complexity index is 317. The van der Waals surface area contributed by atoms with Crippen molar-refractivity contribution >= 4 is 17.2 Å². The molecule has 0 spiro atoms. The second-order valence-electron chi connectivity index (χ2n) is 3.70. The lowest BCUT2D eigenvalue weighted by Gasteiger charge is -2.04. The van der Waals surface area contributed by atoms with Crippen LogP contribution >= 0.6 is 11.6 Å². The number of benzene rings is 1. The first-order chi connectivity index (χ1) is 6.31. The molecule has 0 radical (unpaired) electrons. The van der Waals surface area contributed by atoms with E-state index in [1.165, 1.54) is 29.5 Å². The van der Waals surface area contributed by atoms with Gasteiger partial charge in [0.25, 0.3) is 0 Å². The summed E-state index contributed by atoms with van der Waals surface area (Å²) in [4.78, 5) is 0. The van der Waals surface area contributed by atoms with Crippen LogP contribution in [0.25, 0.3) is 5.57 Å². The number of allylic oxidation sites excluding steroid dienone is 1. The van der Waals surface area contributed by atoms with Crippen LogP contribution in [0.1, 0.15) is 24.0 Å². The SMILES string of the molecule is Cc1ccc(/C(=C\Cl)C2CC2)cc1. The fourth-order valence-electron chi connectivity index (χ4n) is 1.53. The van der Waals surface area contributed by atoms with Crippen LogP contribution in [0.5, 0.6) is 0 Å². The third-order valence-electron chi connectivity index (χ3n) is 2.52. The number of hydrogen-bond donors (Lipinski definition) is 0. The van der Waals surface area contributed by atoms with Crippen molar-refractivity contribution in [2.45, 2.75) is 19.8 Å². The van der Waals surface area contributed by atoms with Crippen LogP contribution in [-0.4, -0.2) is 0 Å². The summed E-state index contributed by atoms with van der Waals surface area (Å²) in [5.74, 6) is 0.722. The molecule has 1 heteroatoms. The van der Waals surface area contributed by atoms with Crippen LogP contribution in [-0.2, 0) is 0 Å². The molecule has 1 aliphatic rings. The lowest BCUT2D eigenvalue weighted by atomic mass is 10.0. The molecular formula is C12H13Cl. The highest BCUT2D eigenvalue weighted by atomic mass is 35.5. The minimum atomic E-state index is 0.722. The maximum absolute atomic E-state index is 5.81. The summed E-state index contributed by atoms with van der Waals surface area (Å²) in [6, 6.07) is 8.58. The van der Waals surface area contributed by atoms with Crippen molar-refractivity contribution in [1.29, 1.82) is 0 Å². The zero-order chi connectivity index (χ0) is 9.26. The van der Waals surface area contributed by atoms with E-state index >= 15 is 0 Å². The van der Waals surface area contributed by atoms with Crippen molar-refractivity contribution in [3.63, 3.8) is 0 Å². The van der Waals surface area contributed by atoms with Gasteiger partial charge in [0.05, 0.1) is 0 Å². The highest BCUT2D eigenvalue weighted by Gasteiger charge is 2.26. The lowest BCUT2D eigenvalue weighted by Crippen LogP contribution is -1.85. The molecule has 0 aromatic heterocycles. The Kier molecular flexibility index (Phi) is 2.41. The predicted molar refractivity (Wildman–Crippen MR) is 57.7 cm³/mol. The van der Waals surface area contributed by atoms with E-state index in [1.54, 1.807) is 5.54 Å². The molecule has 0 aliphatic heterocycles. The normalized spacial score (nSPS) is 17.5. The highest BCUT2D eigenvalue weighted by molar-refractivity contribution is 6.28. The van der Waals surface area contributed by atoms with E-state index in [0.717, 1.165) is 5.92 Å². The van der Waals surface area contributed by atoms with Crippen LogP contribution in [0, 0.1) is 12.8 Å². The summed E-state index contributed by atoms with van der Waals surface area (Å²) in [6.45, 7) is 2.10. The molecule has 13 heavy (non-hydrogen) atoms. The monoisotopic (exact) mass is 192 g/mol. The molecule has 1 aromatic carbocycles. The molecule has 0 saturated heterocycles. The molecule has 1 aliphatic carbocycles. The van der Waals surface area contributed by atoms with Gasteiger partial charge in [-0.3, -0.25) is 0 Å². The third-order valence-corrected chi connectivity index (χ3v) is 2.75. The maximum Gasteiger partial charge on any atom is 0.00833 e. The largest absolute Gasteiger partial charge is 0.0926 e. The Hall–Kier alpha value is -0.750. The van der Waals surface area contributed by atoms with Gasteiger partial charge in [-0.25, -0.2) is 0 Å². The Morgan fingerprint density at radius 3 is 2.38 bits per heavy atom. The zero-order valence-corrected chi connectivity index (χ0v) is 8.51. The van der Waals surface area contributed by atoms with Crippen LogP contribution in [0.15, 0.2) is 29.8 Å². The van der Waals surface area contributed by atoms with Gasteiger partial charge in [-0.15, -0.1) is 0 Å². The van der Waals surface area contributed by atoms with E-state index in [1.807, 2.05) is 0 Å². The zero-order valence-electron chi connectivity index (χ0n) is 7.76. The maximum atomic E-state index is 5.81. The Morgan fingerprint density at radius 1 is 1.31 bits per heavy atom. The molecular weight excluding hydrogens is 180 g/mol. The van der Waals surface area contributed by atoms with E-state index in [9.17, 15) is 0 Å². The molecule has 2 rings (SSSR count). The van der Waals surface area contributed by atoms with Gasteiger partial charge < -0.3 is 0 Å². The van der Waals surface area contributed by atoms with Crippen molar-refractivity contribution in [3.8, 4) is 0 Å². The van der Waals surface area contributed by atoms with Crippen molar-refractivity contribution in [2.24, 2.45) is 5.92 Å². The van der Waals surface area contributed by atoms with Crippen molar-refractivity contribution in [1.82, 2.24) is 0 Å². The molecule has 0 bridgehead atoms. The van der Waals surface area contributed by atoms with Gasteiger partial charge in [0.15, 0.2) is 0 Å². The molecule has 1 saturated carbocycles. The van der Waals surface area contributed by atoms with E-state index in [-0.39, 0.29) is 0 Å². The van der Waals surface area contributed by atoms with Crippen molar-refractivity contribution in [2.75, 3.05) is 0 Å². The lowest BCUT2D eigenvalue weighted by molar-refractivity contribution is 1.15. The van der Waals surface area contributed by atoms with E-state index in [2.05, 4.69) is 31.2 Å². The summed E-state index contributed by atoms with van der Waals surface area (Å²) in [5, 5.41) is 0. The topological polar surface area (TPSA) is 0 Å². The molecule has 0 atom stereocenters. The van der Waals surface area contributed by atoms with Gasteiger partial charge in [0, 0.05) is 5.54 Å². The second-order valence-corrected chi connectivity index (χ2v) is 3.92. The molecule has 1 aromatic rings. The standard InChI is InChI=1S/C12H13Cl/c1-9-2-4-10(5-3-9)12(8-13)11-6-7-11/h2-5,8,11H,6-7H2,1H3/b12-8+. The first-order valence-electron chi connectivity index (χ1n) is 4.68. The fraction of sp³-hybridized carbons (Fsp3) is 0.333.